The summed E-state index contributed by atoms with van der Waals surface area (Å²) < 4.78 is 11.3. The lowest BCUT2D eigenvalue weighted by Crippen LogP contribution is -2.14. The van der Waals surface area contributed by atoms with E-state index in [9.17, 15) is 0 Å². The number of aromatic nitrogens is 1. The summed E-state index contributed by atoms with van der Waals surface area (Å²) in [4.78, 5) is 0. The molecule has 3 aromatic heterocycles. The highest BCUT2D eigenvalue weighted by molar-refractivity contribution is 7.26. The average Bonchev–Trinajstić information content (AvgIpc) is 3.84. The summed E-state index contributed by atoms with van der Waals surface area (Å²) >= 11 is 1.87. The van der Waals surface area contributed by atoms with E-state index in [4.69, 9.17) is 4.42 Å². The fraction of sp³-hybridized carbons (Fsp3) is 0.0667. The third-order valence-electron chi connectivity index (χ3n) is 10.8. The van der Waals surface area contributed by atoms with Crippen molar-refractivity contribution in [2.24, 2.45) is 0 Å². The molecule has 48 heavy (non-hydrogen) atoms. The molecule has 10 aromatic rings. The average molecular weight is 632 g/mol. The maximum Gasteiger partial charge on any atom is 0.136 e. The summed E-state index contributed by atoms with van der Waals surface area (Å²) in [5.41, 5.74) is 13.4. The Morgan fingerprint density at radius 3 is 2.21 bits per heavy atom. The largest absolute Gasteiger partial charge is 0.456 e. The molecule has 0 amide bonds. The summed E-state index contributed by atoms with van der Waals surface area (Å²) in [7, 11) is 0. The Kier molecular flexibility index (Phi) is 5.09. The number of hydrogen-bond donors (Lipinski definition) is 0. The van der Waals surface area contributed by atoms with Crippen molar-refractivity contribution in [3.8, 4) is 27.9 Å². The SMILES string of the molecule is CC1(C)c2ccccc2-c2cc3c4ccccc4n(-c4ccc5c(c4)sc4cccc(-c6ccc7c(c6)oc6ccccc67)c45)c3cc21. The third kappa shape index (κ3) is 3.41. The van der Waals surface area contributed by atoms with Crippen LogP contribution in [0, 0.1) is 0 Å². The van der Waals surface area contributed by atoms with Gasteiger partial charge in [-0.3, -0.25) is 0 Å². The molecule has 0 unspecified atom stereocenters. The highest BCUT2D eigenvalue weighted by Gasteiger charge is 2.36. The molecule has 0 bridgehead atoms. The van der Waals surface area contributed by atoms with E-state index in [-0.39, 0.29) is 5.41 Å². The lowest BCUT2D eigenvalue weighted by Gasteiger charge is -2.21. The lowest BCUT2D eigenvalue weighted by atomic mass is 9.82. The normalized spacial score (nSPS) is 13.8. The minimum atomic E-state index is -0.0569. The van der Waals surface area contributed by atoms with E-state index in [1.54, 1.807) is 0 Å². The van der Waals surface area contributed by atoms with E-state index < -0.39 is 0 Å². The van der Waals surface area contributed by atoms with Gasteiger partial charge in [0.25, 0.3) is 0 Å². The summed E-state index contributed by atoms with van der Waals surface area (Å²) in [6.07, 6.45) is 0. The number of nitrogens with zero attached hydrogens (tertiary/aromatic N) is 1. The number of rotatable bonds is 2. The summed E-state index contributed by atoms with van der Waals surface area (Å²) in [6, 6.07) is 51.4. The highest BCUT2D eigenvalue weighted by Crippen LogP contribution is 2.51. The van der Waals surface area contributed by atoms with Crippen LogP contribution in [-0.2, 0) is 5.41 Å². The molecule has 1 aliphatic carbocycles. The first kappa shape index (κ1) is 26.4. The van der Waals surface area contributed by atoms with Gasteiger partial charge >= 0.3 is 0 Å². The van der Waals surface area contributed by atoms with Gasteiger partial charge in [-0.05, 0) is 88.0 Å². The number of fused-ring (bicyclic) bond motifs is 12. The molecule has 7 aromatic carbocycles. The lowest BCUT2D eigenvalue weighted by molar-refractivity contribution is 0.661. The van der Waals surface area contributed by atoms with Crippen LogP contribution in [0.15, 0.2) is 144 Å². The molecule has 226 valence electrons. The van der Waals surface area contributed by atoms with Gasteiger partial charge in [0.15, 0.2) is 0 Å². The number of furan rings is 1. The van der Waals surface area contributed by atoms with Crippen molar-refractivity contribution in [1.82, 2.24) is 4.57 Å². The zero-order chi connectivity index (χ0) is 31.7. The Morgan fingerprint density at radius 2 is 1.27 bits per heavy atom. The zero-order valence-corrected chi connectivity index (χ0v) is 27.4. The Bertz CT molecular complexity index is 2990. The quantitative estimate of drug-likeness (QED) is 0.186. The van der Waals surface area contributed by atoms with Crippen molar-refractivity contribution >= 4 is 75.3 Å². The van der Waals surface area contributed by atoms with Gasteiger partial charge in [0.2, 0.25) is 0 Å². The van der Waals surface area contributed by atoms with Crippen LogP contribution in [0.2, 0.25) is 0 Å². The highest BCUT2D eigenvalue weighted by atomic mass is 32.1. The van der Waals surface area contributed by atoms with E-state index in [0.717, 1.165) is 21.9 Å². The summed E-state index contributed by atoms with van der Waals surface area (Å²) in [6.45, 7) is 4.73. The standard InChI is InChI=1S/C45H29NOS/c1-45(2)36-14-6-3-10-29(36)34-24-35-30-11-4-7-15-38(30)46(39(35)25-37(34)45)27-19-21-33-43(23-27)48-42-17-9-13-28(44(33)42)26-18-20-32-31-12-5-8-16-40(31)47-41(32)22-26/h3-25H,1-2H3. The first-order valence-electron chi connectivity index (χ1n) is 16.6. The number of hydrogen-bond acceptors (Lipinski definition) is 2. The van der Waals surface area contributed by atoms with Gasteiger partial charge in [-0.1, -0.05) is 98.8 Å². The second-order valence-corrected chi connectivity index (χ2v) is 14.8. The first-order chi connectivity index (χ1) is 23.5. The van der Waals surface area contributed by atoms with Gasteiger partial charge in [-0.15, -0.1) is 11.3 Å². The number of thiophene rings is 1. The maximum absolute atomic E-state index is 6.28. The predicted octanol–water partition coefficient (Wildman–Crippen LogP) is 13.0. The van der Waals surface area contributed by atoms with Crippen LogP contribution in [-0.4, -0.2) is 4.57 Å². The van der Waals surface area contributed by atoms with Gasteiger partial charge < -0.3 is 8.98 Å². The van der Waals surface area contributed by atoms with Crippen LogP contribution < -0.4 is 0 Å². The van der Waals surface area contributed by atoms with Gasteiger partial charge in [0.1, 0.15) is 11.2 Å². The van der Waals surface area contributed by atoms with E-state index >= 15 is 0 Å². The van der Waals surface area contributed by atoms with E-state index in [0.29, 0.717) is 0 Å². The molecule has 0 atom stereocenters. The van der Waals surface area contributed by atoms with Crippen molar-refractivity contribution in [3.05, 3.63) is 151 Å². The van der Waals surface area contributed by atoms with Crippen molar-refractivity contribution < 1.29 is 4.42 Å². The minimum absolute atomic E-state index is 0.0569. The number of para-hydroxylation sites is 2. The molecule has 3 heteroatoms. The van der Waals surface area contributed by atoms with Crippen molar-refractivity contribution in [3.63, 3.8) is 0 Å². The smallest absolute Gasteiger partial charge is 0.136 e. The van der Waals surface area contributed by atoms with Gasteiger partial charge in [0.05, 0.1) is 11.0 Å². The molecule has 0 saturated carbocycles. The van der Waals surface area contributed by atoms with E-state index in [2.05, 4.69) is 146 Å². The van der Waals surface area contributed by atoms with Crippen LogP contribution in [0.4, 0.5) is 0 Å². The molecule has 0 radical (unpaired) electrons. The van der Waals surface area contributed by atoms with Crippen LogP contribution in [0.25, 0.3) is 91.9 Å². The molecular formula is C45H29NOS. The van der Waals surface area contributed by atoms with Gasteiger partial charge in [0, 0.05) is 52.8 Å². The Hall–Kier alpha value is -5.64. The Balaban J connectivity index is 1.12. The topological polar surface area (TPSA) is 18.1 Å². The second kappa shape index (κ2) is 9.25. The second-order valence-electron chi connectivity index (χ2n) is 13.7. The maximum atomic E-state index is 6.28. The molecule has 0 aliphatic heterocycles. The van der Waals surface area contributed by atoms with Crippen molar-refractivity contribution in [1.29, 1.82) is 0 Å². The van der Waals surface area contributed by atoms with E-state index in [1.807, 2.05) is 23.5 Å². The molecular weight excluding hydrogens is 603 g/mol. The third-order valence-corrected chi connectivity index (χ3v) is 11.9. The molecule has 0 spiro atoms. The monoisotopic (exact) mass is 631 g/mol. The fourth-order valence-electron chi connectivity index (χ4n) is 8.53. The molecule has 2 nitrogen and oxygen atoms in total. The molecule has 11 rings (SSSR count). The van der Waals surface area contributed by atoms with E-state index in [1.165, 1.54) is 81.0 Å². The van der Waals surface area contributed by atoms with Crippen LogP contribution >= 0.6 is 11.3 Å². The summed E-state index contributed by atoms with van der Waals surface area (Å²) in [5, 5.41) is 7.50. The summed E-state index contributed by atoms with van der Waals surface area (Å²) in [5.74, 6) is 0. The van der Waals surface area contributed by atoms with Crippen LogP contribution in [0.5, 0.6) is 0 Å². The van der Waals surface area contributed by atoms with Crippen LogP contribution in [0.1, 0.15) is 25.0 Å². The van der Waals surface area contributed by atoms with Crippen molar-refractivity contribution in [2.75, 3.05) is 0 Å². The predicted molar refractivity (Wildman–Crippen MR) is 204 cm³/mol. The van der Waals surface area contributed by atoms with Crippen LogP contribution in [0.3, 0.4) is 0 Å². The first-order valence-corrected chi connectivity index (χ1v) is 17.4. The van der Waals surface area contributed by atoms with Gasteiger partial charge in [-0.2, -0.15) is 0 Å². The molecule has 0 fully saturated rings. The van der Waals surface area contributed by atoms with Gasteiger partial charge in [-0.25, -0.2) is 0 Å². The Morgan fingerprint density at radius 1 is 0.500 bits per heavy atom. The molecule has 3 heterocycles. The fourth-order valence-corrected chi connectivity index (χ4v) is 9.69. The number of benzene rings is 7. The van der Waals surface area contributed by atoms with Crippen molar-refractivity contribution in [2.45, 2.75) is 19.3 Å². The Labute approximate surface area is 281 Å². The minimum Gasteiger partial charge on any atom is -0.456 e. The molecule has 0 saturated heterocycles. The molecule has 1 aliphatic rings. The molecule has 0 N–H and O–H groups in total. The zero-order valence-electron chi connectivity index (χ0n) is 26.5.